The largest absolute Gasteiger partial charge is 0.495 e. The lowest BCUT2D eigenvalue weighted by Gasteiger charge is -2.15. The fourth-order valence-electron chi connectivity index (χ4n) is 2.37. The number of amides is 1. The molecule has 9 nitrogen and oxygen atoms in total. The molecule has 2 aromatic rings. The molecule has 30 heavy (non-hydrogen) atoms. The zero-order chi connectivity index (χ0) is 22.3. The quantitative estimate of drug-likeness (QED) is 0.375. The van der Waals surface area contributed by atoms with Gasteiger partial charge >= 0.3 is 5.97 Å². The molecule has 0 aliphatic rings. The van der Waals surface area contributed by atoms with Crippen molar-refractivity contribution >= 4 is 23.3 Å². The van der Waals surface area contributed by atoms with E-state index in [0.717, 1.165) is 0 Å². The van der Waals surface area contributed by atoms with Crippen molar-refractivity contribution in [2.24, 2.45) is 5.92 Å². The summed E-state index contributed by atoms with van der Waals surface area (Å²) in [6.45, 7) is 6.02. The minimum Gasteiger partial charge on any atom is -0.495 e. The van der Waals surface area contributed by atoms with E-state index in [9.17, 15) is 19.7 Å². The number of rotatable bonds is 9. The first-order chi connectivity index (χ1) is 14.2. The zero-order valence-corrected chi connectivity index (χ0v) is 17.2. The Labute approximate surface area is 174 Å². The van der Waals surface area contributed by atoms with Crippen molar-refractivity contribution < 1.29 is 28.7 Å². The van der Waals surface area contributed by atoms with Crippen molar-refractivity contribution in [2.45, 2.75) is 26.9 Å². The Morgan fingerprint density at radius 1 is 1.10 bits per heavy atom. The molecule has 2 aromatic carbocycles. The monoisotopic (exact) mass is 416 g/mol. The number of anilines is 1. The fourth-order valence-corrected chi connectivity index (χ4v) is 2.37. The Bertz CT molecular complexity index is 910. The minimum absolute atomic E-state index is 0.103. The molecular formula is C21H24N2O7. The molecule has 0 aliphatic carbocycles. The third-order valence-electron chi connectivity index (χ3n) is 3.98. The number of carbonyl (C=O) groups excluding carboxylic acids is 2. The van der Waals surface area contributed by atoms with Gasteiger partial charge in [0.2, 0.25) is 0 Å². The molecule has 0 saturated carbocycles. The standard InChI is InChI=1S/C21H24N2O7/c1-13(2)12-29-17-8-5-15(6-9-17)21(25)30-14(3)20(24)22-18-11-16(23(26)27)7-10-19(18)28-4/h5-11,13-14H,12H2,1-4H3,(H,22,24)/t14-/m0/s1. The predicted octanol–water partition coefficient (Wildman–Crippen LogP) is 3.82. The number of nitro groups is 1. The van der Waals surface area contributed by atoms with Crippen LogP contribution in [0.2, 0.25) is 0 Å². The molecule has 0 saturated heterocycles. The van der Waals surface area contributed by atoms with Gasteiger partial charge in [0.1, 0.15) is 11.5 Å². The van der Waals surface area contributed by atoms with Gasteiger partial charge in [0.15, 0.2) is 6.10 Å². The smallest absolute Gasteiger partial charge is 0.338 e. The number of esters is 1. The molecule has 2 rings (SSSR count). The van der Waals surface area contributed by atoms with Crippen LogP contribution in [0.4, 0.5) is 11.4 Å². The van der Waals surface area contributed by atoms with Crippen LogP contribution in [0.3, 0.4) is 0 Å². The Morgan fingerprint density at radius 2 is 1.77 bits per heavy atom. The molecule has 0 bridgehead atoms. The van der Waals surface area contributed by atoms with Crippen LogP contribution < -0.4 is 14.8 Å². The fraction of sp³-hybridized carbons (Fsp3) is 0.333. The molecule has 0 aliphatic heterocycles. The molecule has 160 valence electrons. The van der Waals surface area contributed by atoms with E-state index in [0.29, 0.717) is 18.3 Å². The Kier molecular flexibility index (Phi) is 7.74. The van der Waals surface area contributed by atoms with Crippen LogP contribution in [-0.2, 0) is 9.53 Å². The van der Waals surface area contributed by atoms with E-state index in [4.69, 9.17) is 14.2 Å². The molecule has 0 aromatic heterocycles. The van der Waals surface area contributed by atoms with Gasteiger partial charge in [-0.3, -0.25) is 14.9 Å². The van der Waals surface area contributed by atoms with E-state index in [1.807, 2.05) is 13.8 Å². The number of hydrogen-bond donors (Lipinski definition) is 1. The second-order valence-electron chi connectivity index (χ2n) is 6.91. The molecule has 1 atom stereocenters. The highest BCUT2D eigenvalue weighted by molar-refractivity contribution is 5.98. The molecule has 0 unspecified atom stereocenters. The van der Waals surface area contributed by atoms with Crippen LogP contribution in [0.1, 0.15) is 31.1 Å². The molecule has 0 radical (unpaired) electrons. The summed E-state index contributed by atoms with van der Waals surface area (Å²) < 4.78 is 15.9. The third kappa shape index (κ3) is 6.20. The maximum atomic E-state index is 12.4. The van der Waals surface area contributed by atoms with Crippen LogP contribution >= 0.6 is 0 Å². The minimum atomic E-state index is -1.14. The van der Waals surface area contributed by atoms with E-state index in [-0.39, 0.29) is 22.7 Å². The lowest BCUT2D eigenvalue weighted by Crippen LogP contribution is -2.30. The predicted molar refractivity (Wildman–Crippen MR) is 110 cm³/mol. The number of non-ortho nitro benzene ring substituents is 1. The van der Waals surface area contributed by atoms with Crippen LogP contribution in [0.5, 0.6) is 11.5 Å². The van der Waals surface area contributed by atoms with Gasteiger partial charge < -0.3 is 19.5 Å². The molecule has 9 heteroatoms. The highest BCUT2D eigenvalue weighted by atomic mass is 16.6. The van der Waals surface area contributed by atoms with Crippen molar-refractivity contribution in [2.75, 3.05) is 19.0 Å². The van der Waals surface area contributed by atoms with Crippen LogP contribution in [0.15, 0.2) is 42.5 Å². The van der Waals surface area contributed by atoms with E-state index in [2.05, 4.69) is 5.32 Å². The summed E-state index contributed by atoms with van der Waals surface area (Å²) in [6.07, 6.45) is -1.14. The van der Waals surface area contributed by atoms with Crippen molar-refractivity contribution in [3.8, 4) is 11.5 Å². The SMILES string of the molecule is COc1ccc([N+](=O)[O-])cc1NC(=O)[C@H](C)OC(=O)c1ccc(OCC(C)C)cc1. The summed E-state index contributed by atoms with van der Waals surface area (Å²) in [5, 5.41) is 13.4. The molecule has 0 heterocycles. The Hall–Kier alpha value is -3.62. The summed E-state index contributed by atoms with van der Waals surface area (Å²) in [4.78, 5) is 35.1. The molecule has 0 fully saturated rings. The molecule has 1 N–H and O–H groups in total. The van der Waals surface area contributed by atoms with Crippen LogP contribution in [-0.4, -0.2) is 36.6 Å². The molecule has 0 spiro atoms. The van der Waals surface area contributed by atoms with Gasteiger partial charge in [0.05, 0.1) is 29.9 Å². The number of nitrogens with zero attached hydrogens (tertiary/aromatic N) is 1. The lowest BCUT2D eigenvalue weighted by atomic mass is 10.2. The normalized spacial score (nSPS) is 11.5. The zero-order valence-electron chi connectivity index (χ0n) is 17.2. The highest BCUT2D eigenvalue weighted by Gasteiger charge is 2.21. The molecular weight excluding hydrogens is 392 g/mol. The average Bonchev–Trinajstić information content (AvgIpc) is 2.72. The third-order valence-corrected chi connectivity index (χ3v) is 3.98. The van der Waals surface area contributed by atoms with Gasteiger partial charge in [0, 0.05) is 12.1 Å². The number of methoxy groups -OCH3 is 1. The first-order valence-electron chi connectivity index (χ1n) is 9.28. The maximum Gasteiger partial charge on any atom is 0.338 e. The first kappa shape index (κ1) is 22.7. The number of nitrogens with one attached hydrogen (secondary N) is 1. The van der Waals surface area contributed by atoms with E-state index in [1.165, 1.54) is 32.2 Å². The Balaban J connectivity index is 2.01. The van der Waals surface area contributed by atoms with Crippen molar-refractivity contribution in [3.63, 3.8) is 0 Å². The maximum absolute atomic E-state index is 12.4. The Morgan fingerprint density at radius 3 is 2.33 bits per heavy atom. The van der Waals surface area contributed by atoms with Gasteiger partial charge in [-0.25, -0.2) is 4.79 Å². The van der Waals surface area contributed by atoms with E-state index >= 15 is 0 Å². The van der Waals surface area contributed by atoms with Crippen LogP contribution in [0.25, 0.3) is 0 Å². The van der Waals surface area contributed by atoms with Gasteiger partial charge in [-0.1, -0.05) is 13.8 Å². The van der Waals surface area contributed by atoms with E-state index in [1.54, 1.807) is 24.3 Å². The summed E-state index contributed by atoms with van der Waals surface area (Å²) in [5.74, 6) is -0.0925. The number of hydrogen-bond acceptors (Lipinski definition) is 7. The number of nitro benzene ring substituents is 1. The van der Waals surface area contributed by atoms with Crippen molar-refractivity contribution in [1.82, 2.24) is 0 Å². The van der Waals surface area contributed by atoms with Crippen molar-refractivity contribution in [3.05, 3.63) is 58.1 Å². The molecule has 1 amide bonds. The summed E-state index contributed by atoms with van der Waals surface area (Å²) in [5.41, 5.74) is 0.154. The van der Waals surface area contributed by atoms with Gasteiger partial charge in [-0.2, -0.15) is 0 Å². The van der Waals surface area contributed by atoms with Gasteiger partial charge in [0.25, 0.3) is 11.6 Å². The average molecular weight is 416 g/mol. The van der Waals surface area contributed by atoms with Crippen molar-refractivity contribution in [1.29, 1.82) is 0 Å². The van der Waals surface area contributed by atoms with Gasteiger partial charge in [-0.15, -0.1) is 0 Å². The van der Waals surface area contributed by atoms with E-state index < -0.39 is 22.9 Å². The van der Waals surface area contributed by atoms with Gasteiger partial charge in [-0.05, 0) is 43.2 Å². The number of carbonyl (C=O) groups is 2. The topological polar surface area (TPSA) is 117 Å². The summed E-state index contributed by atoms with van der Waals surface area (Å²) in [6, 6.07) is 10.2. The second-order valence-corrected chi connectivity index (χ2v) is 6.91. The second kappa shape index (κ2) is 10.2. The number of ether oxygens (including phenoxy) is 3. The lowest BCUT2D eigenvalue weighted by molar-refractivity contribution is -0.384. The summed E-state index contributed by atoms with van der Waals surface area (Å²) >= 11 is 0. The first-order valence-corrected chi connectivity index (χ1v) is 9.28. The number of benzene rings is 2. The summed E-state index contributed by atoms with van der Waals surface area (Å²) in [7, 11) is 1.37. The highest BCUT2D eigenvalue weighted by Crippen LogP contribution is 2.29. The van der Waals surface area contributed by atoms with Crippen LogP contribution in [0, 0.1) is 16.0 Å².